The SMILES string of the molecule is CC1(C)CC(c2c(C(=O)O)ccc(C3CC(C)(C)N(OC(=O)c4ccccc4)C(C)(C)C3)c2C(=O)O)CC(C)(COCc2ccccc2)N1. The zero-order valence-electron chi connectivity index (χ0n) is 29.7. The molecule has 0 radical (unpaired) electrons. The first kappa shape index (κ1) is 36.2. The summed E-state index contributed by atoms with van der Waals surface area (Å²) >= 11 is 0. The van der Waals surface area contributed by atoms with Gasteiger partial charge in [0.25, 0.3) is 0 Å². The maximum absolute atomic E-state index is 13.3. The van der Waals surface area contributed by atoms with E-state index >= 15 is 0 Å². The third-order valence-electron chi connectivity index (χ3n) is 9.97. The van der Waals surface area contributed by atoms with Gasteiger partial charge >= 0.3 is 17.9 Å². The zero-order valence-corrected chi connectivity index (χ0v) is 29.7. The highest BCUT2D eigenvalue weighted by Gasteiger charge is 2.50. The fraction of sp³-hybridized carbons (Fsp3) is 0.475. The van der Waals surface area contributed by atoms with E-state index in [0.717, 1.165) is 5.56 Å². The molecule has 0 aliphatic carbocycles. The number of rotatable bonds is 10. The van der Waals surface area contributed by atoms with E-state index in [9.17, 15) is 24.6 Å². The molecule has 9 heteroatoms. The number of aromatic carboxylic acids is 2. The number of carbonyl (C=O) groups is 3. The summed E-state index contributed by atoms with van der Waals surface area (Å²) in [4.78, 5) is 45.3. The zero-order chi connectivity index (χ0) is 35.8. The van der Waals surface area contributed by atoms with E-state index in [1.165, 1.54) is 0 Å². The number of carbonyl (C=O) groups excluding carboxylic acids is 1. The molecule has 0 saturated carbocycles. The molecule has 0 bridgehead atoms. The number of nitrogens with one attached hydrogen (secondary N) is 1. The fourth-order valence-electron chi connectivity index (χ4n) is 8.68. The van der Waals surface area contributed by atoms with Crippen LogP contribution in [0.4, 0.5) is 0 Å². The van der Waals surface area contributed by atoms with E-state index in [0.29, 0.717) is 55.6 Å². The standard InChI is InChI=1S/C40H50N2O7/c1-37(2)20-29(23-40(7,41-37)25-48-24-26-14-10-8-11-15-26)32-31(34(43)44)19-18-30(33(32)35(45)46)28-21-38(3,4)42(39(5,6)22-28)49-36(47)27-16-12-9-13-17-27/h8-19,28-29,41H,20-25H2,1-7H3,(H,43,44)(H,45,46). The molecular formula is C40H50N2O7. The molecule has 2 saturated heterocycles. The number of nitrogens with zero attached hydrogens (tertiary/aromatic N) is 1. The number of piperidine rings is 2. The van der Waals surface area contributed by atoms with Crippen LogP contribution in [-0.4, -0.2) is 61.9 Å². The van der Waals surface area contributed by atoms with E-state index in [4.69, 9.17) is 9.57 Å². The predicted molar refractivity (Wildman–Crippen MR) is 188 cm³/mol. The number of hydrogen-bond acceptors (Lipinski definition) is 7. The van der Waals surface area contributed by atoms with Crippen molar-refractivity contribution in [3.63, 3.8) is 0 Å². The molecule has 2 atom stereocenters. The van der Waals surface area contributed by atoms with Gasteiger partial charge in [-0.25, -0.2) is 14.4 Å². The molecule has 2 heterocycles. The second kappa shape index (κ2) is 13.7. The number of hydroxylamine groups is 2. The molecule has 3 aromatic rings. The number of hydrogen-bond donors (Lipinski definition) is 3. The van der Waals surface area contributed by atoms with E-state index in [-0.39, 0.29) is 23.0 Å². The van der Waals surface area contributed by atoms with Crippen LogP contribution in [0.1, 0.15) is 134 Å². The highest BCUT2D eigenvalue weighted by Crippen LogP contribution is 2.49. The second-order valence-electron chi connectivity index (χ2n) is 16.0. The molecule has 2 unspecified atom stereocenters. The maximum Gasteiger partial charge on any atom is 0.357 e. The lowest BCUT2D eigenvalue weighted by Crippen LogP contribution is -2.61. The summed E-state index contributed by atoms with van der Waals surface area (Å²) in [5.41, 5.74) is 0.280. The van der Waals surface area contributed by atoms with Crippen LogP contribution >= 0.6 is 0 Å². The van der Waals surface area contributed by atoms with Gasteiger partial charge in [-0.15, -0.1) is 5.06 Å². The van der Waals surface area contributed by atoms with Crippen LogP contribution in [0.25, 0.3) is 0 Å². The van der Waals surface area contributed by atoms with Crippen molar-refractivity contribution in [2.75, 3.05) is 6.61 Å². The lowest BCUT2D eigenvalue weighted by Gasteiger charge is -2.53. The Balaban J connectivity index is 1.49. The Hall–Kier alpha value is -4.05. The second-order valence-corrected chi connectivity index (χ2v) is 16.0. The van der Waals surface area contributed by atoms with Crippen LogP contribution in [0.5, 0.6) is 0 Å². The predicted octanol–water partition coefficient (Wildman–Crippen LogP) is 7.81. The number of carboxylic acids is 2. The monoisotopic (exact) mass is 670 g/mol. The third kappa shape index (κ3) is 8.06. The Morgan fingerprint density at radius 3 is 1.92 bits per heavy atom. The summed E-state index contributed by atoms with van der Waals surface area (Å²) in [6.45, 7) is 15.0. The van der Waals surface area contributed by atoms with Crippen LogP contribution in [-0.2, 0) is 16.2 Å². The highest BCUT2D eigenvalue weighted by atomic mass is 16.7. The Morgan fingerprint density at radius 2 is 1.35 bits per heavy atom. The van der Waals surface area contributed by atoms with Crippen LogP contribution in [0.2, 0.25) is 0 Å². The van der Waals surface area contributed by atoms with Gasteiger partial charge in [0.1, 0.15) is 0 Å². The number of ether oxygens (including phenoxy) is 1. The number of benzene rings is 3. The number of carboxylic acid groups (broad SMARTS) is 2. The quantitative estimate of drug-likeness (QED) is 0.198. The van der Waals surface area contributed by atoms with Gasteiger partial charge in [-0.05, 0) is 121 Å². The summed E-state index contributed by atoms with van der Waals surface area (Å²) in [6.07, 6.45) is 2.04. The molecule has 3 N–H and O–H groups in total. The molecule has 262 valence electrons. The minimum Gasteiger partial charge on any atom is -0.478 e. The average molecular weight is 671 g/mol. The molecule has 0 aromatic heterocycles. The lowest BCUT2D eigenvalue weighted by molar-refractivity contribution is -0.244. The summed E-state index contributed by atoms with van der Waals surface area (Å²) < 4.78 is 6.19. The minimum atomic E-state index is -1.15. The molecule has 49 heavy (non-hydrogen) atoms. The van der Waals surface area contributed by atoms with Crippen LogP contribution in [0.15, 0.2) is 72.8 Å². The van der Waals surface area contributed by atoms with Crippen LogP contribution < -0.4 is 5.32 Å². The Kier molecular flexibility index (Phi) is 10.1. The largest absolute Gasteiger partial charge is 0.478 e. The Labute approximate surface area is 289 Å². The van der Waals surface area contributed by atoms with Gasteiger partial charge < -0.3 is 25.1 Å². The molecule has 0 amide bonds. The Bertz CT molecular complexity index is 1670. The lowest BCUT2D eigenvalue weighted by atomic mass is 9.67. The van der Waals surface area contributed by atoms with Gasteiger partial charge in [-0.1, -0.05) is 54.6 Å². The van der Waals surface area contributed by atoms with Gasteiger partial charge in [0.2, 0.25) is 0 Å². The van der Waals surface area contributed by atoms with Gasteiger partial charge in [0.15, 0.2) is 0 Å². The Morgan fingerprint density at radius 1 is 0.755 bits per heavy atom. The van der Waals surface area contributed by atoms with E-state index in [1.807, 2.05) is 64.1 Å². The smallest absolute Gasteiger partial charge is 0.357 e. The third-order valence-corrected chi connectivity index (χ3v) is 9.97. The first-order chi connectivity index (χ1) is 22.9. The van der Waals surface area contributed by atoms with Crippen molar-refractivity contribution in [3.8, 4) is 0 Å². The van der Waals surface area contributed by atoms with E-state index < -0.39 is 40.1 Å². The van der Waals surface area contributed by atoms with Crippen molar-refractivity contribution in [3.05, 3.63) is 106 Å². The van der Waals surface area contributed by atoms with Crippen molar-refractivity contribution in [2.24, 2.45) is 0 Å². The first-order valence-electron chi connectivity index (χ1n) is 17.0. The summed E-state index contributed by atoms with van der Waals surface area (Å²) in [7, 11) is 0. The van der Waals surface area contributed by atoms with E-state index in [2.05, 4.69) is 26.1 Å². The topological polar surface area (TPSA) is 125 Å². The molecular weight excluding hydrogens is 620 g/mol. The van der Waals surface area contributed by atoms with Crippen molar-refractivity contribution in [1.29, 1.82) is 0 Å². The normalized spacial score (nSPS) is 23.4. The van der Waals surface area contributed by atoms with Crippen LogP contribution in [0.3, 0.4) is 0 Å². The summed E-state index contributed by atoms with van der Waals surface area (Å²) in [5, 5.41) is 26.8. The molecule has 3 aromatic carbocycles. The van der Waals surface area contributed by atoms with Crippen molar-refractivity contribution in [1.82, 2.24) is 10.4 Å². The molecule has 2 fully saturated rings. The summed E-state index contributed by atoms with van der Waals surface area (Å²) in [5.74, 6) is -3.33. The molecule has 2 aliphatic heterocycles. The fourth-order valence-corrected chi connectivity index (χ4v) is 8.68. The molecule has 0 spiro atoms. The van der Waals surface area contributed by atoms with Gasteiger partial charge in [-0.3, -0.25) is 0 Å². The van der Waals surface area contributed by atoms with Gasteiger partial charge in [0, 0.05) is 11.1 Å². The van der Waals surface area contributed by atoms with Crippen LogP contribution in [0, 0.1) is 0 Å². The molecule has 2 aliphatic rings. The minimum absolute atomic E-state index is 0.0177. The average Bonchev–Trinajstić information content (AvgIpc) is 3.01. The molecule has 9 nitrogen and oxygen atoms in total. The van der Waals surface area contributed by atoms with Gasteiger partial charge in [0.05, 0.1) is 41.0 Å². The van der Waals surface area contributed by atoms with E-state index in [1.54, 1.807) is 41.5 Å². The first-order valence-corrected chi connectivity index (χ1v) is 17.0. The van der Waals surface area contributed by atoms with Crippen molar-refractivity contribution < 1.29 is 34.2 Å². The van der Waals surface area contributed by atoms with Crippen molar-refractivity contribution >= 4 is 17.9 Å². The van der Waals surface area contributed by atoms with Gasteiger partial charge in [-0.2, -0.15) is 0 Å². The highest BCUT2D eigenvalue weighted by molar-refractivity contribution is 5.98. The molecule has 5 rings (SSSR count). The summed E-state index contributed by atoms with van der Waals surface area (Å²) in [6, 6.07) is 22.0. The maximum atomic E-state index is 13.3. The van der Waals surface area contributed by atoms with Crippen molar-refractivity contribution in [2.45, 2.75) is 115 Å².